The van der Waals surface area contributed by atoms with E-state index in [1.165, 1.54) is 30.3 Å². The second kappa shape index (κ2) is 5.81. The fourth-order valence-corrected chi connectivity index (χ4v) is 1.72. The zero-order chi connectivity index (χ0) is 14.5. The van der Waals surface area contributed by atoms with Gasteiger partial charge in [0.1, 0.15) is 5.82 Å². The topological polar surface area (TPSA) is 61.1 Å². The van der Waals surface area contributed by atoms with Crippen LogP contribution in [0.2, 0.25) is 0 Å². The Labute approximate surface area is 115 Å². The van der Waals surface area contributed by atoms with Crippen molar-refractivity contribution in [3.05, 3.63) is 71.0 Å². The van der Waals surface area contributed by atoms with Gasteiger partial charge in [-0.25, -0.2) is 9.18 Å². The maximum Gasteiger partial charge on any atom is 0.335 e. The lowest BCUT2D eigenvalue weighted by Crippen LogP contribution is -1.94. The van der Waals surface area contributed by atoms with E-state index < -0.39 is 11.8 Å². The third-order valence-corrected chi connectivity index (χ3v) is 2.72. The Balaban J connectivity index is 2.37. The molecule has 0 fully saturated rings. The normalized spacial score (nSPS) is 10.9. The average Bonchev–Trinajstić information content (AvgIpc) is 2.45. The van der Waals surface area contributed by atoms with E-state index in [1.54, 1.807) is 24.3 Å². The van der Waals surface area contributed by atoms with Gasteiger partial charge in [-0.1, -0.05) is 24.3 Å². The first-order valence-electron chi connectivity index (χ1n) is 5.81. The van der Waals surface area contributed by atoms with E-state index in [0.29, 0.717) is 16.7 Å². The van der Waals surface area contributed by atoms with Crippen LogP contribution < -0.4 is 0 Å². The van der Waals surface area contributed by atoms with E-state index in [4.69, 9.17) is 10.4 Å². The molecule has 0 bridgehead atoms. The summed E-state index contributed by atoms with van der Waals surface area (Å²) >= 11 is 0. The molecule has 2 aromatic rings. The minimum Gasteiger partial charge on any atom is -0.478 e. The molecule has 20 heavy (non-hydrogen) atoms. The fourth-order valence-electron chi connectivity index (χ4n) is 1.72. The first-order valence-corrected chi connectivity index (χ1v) is 5.81. The van der Waals surface area contributed by atoms with Gasteiger partial charge in [-0.2, -0.15) is 5.26 Å². The first-order chi connectivity index (χ1) is 9.60. The van der Waals surface area contributed by atoms with Crippen molar-refractivity contribution < 1.29 is 14.3 Å². The predicted octanol–water partition coefficient (Wildman–Crippen LogP) is 3.59. The van der Waals surface area contributed by atoms with Gasteiger partial charge >= 0.3 is 5.97 Å². The molecule has 0 atom stereocenters. The Kier molecular flexibility index (Phi) is 3.92. The Hall–Kier alpha value is -2.93. The highest BCUT2D eigenvalue weighted by molar-refractivity contribution is 5.91. The largest absolute Gasteiger partial charge is 0.478 e. The number of benzene rings is 2. The zero-order valence-corrected chi connectivity index (χ0v) is 10.4. The van der Waals surface area contributed by atoms with Crippen LogP contribution in [0.1, 0.15) is 21.5 Å². The minimum atomic E-state index is -1.01. The molecule has 0 radical (unpaired) electrons. The SMILES string of the molecule is N#C/C(=C/c1ccc(C(=O)O)cc1)c1cccc(F)c1. The standard InChI is InChI=1S/C16H10FNO2/c17-15-3-1-2-13(9-15)14(10-18)8-11-4-6-12(7-5-11)16(19)20/h1-9H,(H,19,20)/b14-8-. The Morgan fingerprint density at radius 1 is 1.15 bits per heavy atom. The molecule has 4 heteroatoms. The summed E-state index contributed by atoms with van der Waals surface area (Å²) in [6.45, 7) is 0. The summed E-state index contributed by atoms with van der Waals surface area (Å²) in [5.41, 5.74) is 1.64. The van der Waals surface area contributed by atoms with E-state index in [-0.39, 0.29) is 5.56 Å². The zero-order valence-electron chi connectivity index (χ0n) is 10.4. The highest BCUT2D eigenvalue weighted by atomic mass is 19.1. The van der Waals surface area contributed by atoms with E-state index in [1.807, 2.05) is 6.07 Å². The van der Waals surface area contributed by atoms with E-state index in [2.05, 4.69) is 0 Å². The quantitative estimate of drug-likeness (QED) is 0.682. The molecule has 2 rings (SSSR count). The van der Waals surface area contributed by atoms with Crippen molar-refractivity contribution in [1.29, 1.82) is 5.26 Å². The molecule has 0 amide bonds. The van der Waals surface area contributed by atoms with Crippen LogP contribution in [0.4, 0.5) is 4.39 Å². The summed E-state index contributed by atoms with van der Waals surface area (Å²) < 4.78 is 13.1. The lowest BCUT2D eigenvalue weighted by atomic mass is 10.0. The number of halogens is 1. The lowest BCUT2D eigenvalue weighted by molar-refractivity contribution is 0.0697. The monoisotopic (exact) mass is 267 g/mol. The van der Waals surface area contributed by atoms with Crippen LogP contribution in [0.3, 0.4) is 0 Å². The van der Waals surface area contributed by atoms with Gasteiger partial charge in [0.2, 0.25) is 0 Å². The van der Waals surface area contributed by atoms with Gasteiger partial charge in [0.25, 0.3) is 0 Å². The van der Waals surface area contributed by atoms with Crippen LogP contribution in [0.25, 0.3) is 11.6 Å². The molecule has 0 heterocycles. The van der Waals surface area contributed by atoms with Gasteiger partial charge in [-0.05, 0) is 41.5 Å². The molecule has 0 aliphatic heterocycles. The minimum absolute atomic E-state index is 0.173. The summed E-state index contributed by atoms with van der Waals surface area (Å²) in [5, 5.41) is 17.9. The van der Waals surface area contributed by atoms with Crippen molar-refractivity contribution >= 4 is 17.6 Å². The number of allylic oxidation sites excluding steroid dienone is 1. The molecule has 3 nitrogen and oxygen atoms in total. The highest BCUT2D eigenvalue weighted by Gasteiger charge is 2.04. The molecule has 0 unspecified atom stereocenters. The first kappa shape index (κ1) is 13.5. The van der Waals surface area contributed by atoms with Crippen LogP contribution in [0, 0.1) is 17.1 Å². The lowest BCUT2D eigenvalue weighted by Gasteiger charge is -2.01. The summed E-state index contributed by atoms with van der Waals surface area (Å²) in [4.78, 5) is 10.7. The smallest absolute Gasteiger partial charge is 0.335 e. The maximum atomic E-state index is 13.1. The number of carboxylic acid groups (broad SMARTS) is 1. The van der Waals surface area contributed by atoms with E-state index in [9.17, 15) is 9.18 Å². The highest BCUT2D eigenvalue weighted by Crippen LogP contribution is 2.18. The van der Waals surface area contributed by atoms with Crippen molar-refractivity contribution in [2.75, 3.05) is 0 Å². The summed E-state index contributed by atoms with van der Waals surface area (Å²) in [6, 6.07) is 13.9. The van der Waals surface area contributed by atoms with Gasteiger partial charge in [0, 0.05) is 0 Å². The molecule has 0 saturated heterocycles. The third kappa shape index (κ3) is 3.09. The van der Waals surface area contributed by atoms with E-state index in [0.717, 1.165) is 0 Å². The Morgan fingerprint density at radius 3 is 2.40 bits per heavy atom. The van der Waals surface area contributed by atoms with E-state index >= 15 is 0 Å². The van der Waals surface area contributed by atoms with Crippen LogP contribution in [0.15, 0.2) is 48.5 Å². The molecular weight excluding hydrogens is 257 g/mol. The van der Waals surface area contributed by atoms with Gasteiger partial charge < -0.3 is 5.11 Å². The van der Waals surface area contributed by atoms with Crippen molar-refractivity contribution in [3.63, 3.8) is 0 Å². The average molecular weight is 267 g/mol. The number of hydrogen-bond acceptors (Lipinski definition) is 2. The van der Waals surface area contributed by atoms with Gasteiger partial charge in [0.15, 0.2) is 0 Å². The number of carboxylic acids is 1. The van der Waals surface area contributed by atoms with Crippen LogP contribution in [-0.2, 0) is 0 Å². The third-order valence-electron chi connectivity index (χ3n) is 2.72. The molecular formula is C16H10FNO2. The molecule has 0 saturated carbocycles. The molecule has 0 spiro atoms. The molecule has 2 aromatic carbocycles. The number of nitrogens with zero attached hydrogens (tertiary/aromatic N) is 1. The van der Waals surface area contributed by atoms with Crippen molar-refractivity contribution in [2.24, 2.45) is 0 Å². The number of rotatable bonds is 3. The molecule has 0 aliphatic rings. The van der Waals surface area contributed by atoms with Crippen LogP contribution in [-0.4, -0.2) is 11.1 Å². The summed E-state index contributed by atoms with van der Waals surface area (Å²) in [5.74, 6) is -1.42. The number of nitriles is 1. The van der Waals surface area contributed by atoms with Crippen LogP contribution in [0.5, 0.6) is 0 Å². The van der Waals surface area contributed by atoms with Crippen molar-refractivity contribution in [1.82, 2.24) is 0 Å². The number of carbonyl (C=O) groups is 1. The van der Waals surface area contributed by atoms with Crippen molar-refractivity contribution in [2.45, 2.75) is 0 Å². The Bertz CT molecular complexity index is 712. The molecule has 1 N–H and O–H groups in total. The van der Waals surface area contributed by atoms with Gasteiger partial charge in [-0.3, -0.25) is 0 Å². The summed E-state index contributed by atoms with van der Waals surface area (Å²) in [7, 11) is 0. The van der Waals surface area contributed by atoms with Crippen molar-refractivity contribution in [3.8, 4) is 6.07 Å². The van der Waals surface area contributed by atoms with Gasteiger partial charge in [-0.15, -0.1) is 0 Å². The van der Waals surface area contributed by atoms with Crippen LogP contribution >= 0.6 is 0 Å². The second-order valence-corrected chi connectivity index (χ2v) is 4.11. The molecule has 98 valence electrons. The number of aromatic carboxylic acids is 1. The summed E-state index contributed by atoms with van der Waals surface area (Å²) in [6.07, 6.45) is 1.58. The second-order valence-electron chi connectivity index (χ2n) is 4.11. The number of hydrogen-bond donors (Lipinski definition) is 1. The predicted molar refractivity (Wildman–Crippen MR) is 73.3 cm³/mol. The maximum absolute atomic E-state index is 13.1. The molecule has 0 aliphatic carbocycles. The Morgan fingerprint density at radius 2 is 1.85 bits per heavy atom. The van der Waals surface area contributed by atoms with Gasteiger partial charge in [0.05, 0.1) is 17.2 Å². The molecule has 0 aromatic heterocycles. The fraction of sp³-hybridized carbons (Fsp3) is 0.